The molecule has 2 aromatic carbocycles. The average Bonchev–Trinajstić information content (AvgIpc) is 2.69. The van der Waals surface area contributed by atoms with E-state index < -0.39 is 23.5 Å². The maximum absolute atomic E-state index is 11.5. The van der Waals surface area contributed by atoms with Crippen LogP contribution >= 0.6 is 0 Å². The summed E-state index contributed by atoms with van der Waals surface area (Å²) in [5.74, 6) is -1.88. The Kier molecular flexibility index (Phi) is 8.79. The third kappa shape index (κ3) is 9.03. The highest BCUT2D eigenvalue weighted by atomic mass is 16.5. The molecule has 31 heavy (non-hydrogen) atoms. The van der Waals surface area contributed by atoms with Gasteiger partial charge in [0.05, 0.1) is 6.42 Å². The Hall–Kier alpha value is -3.15. The second-order valence-electron chi connectivity index (χ2n) is 8.49. The molecule has 0 saturated heterocycles. The number of rotatable bonds is 10. The molecule has 2 aromatic rings. The Morgan fingerprint density at radius 3 is 2.10 bits per heavy atom. The van der Waals surface area contributed by atoms with Gasteiger partial charge in [-0.15, -0.1) is 0 Å². The minimum absolute atomic E-state index is 0.0108. The molecule has 0 aliphatic heterocycles. The van der Waals surface area contributed by atoms with Crippen LogP contribution < -0.4 is 0 Å². The van der Waals surface area contributed by atoms with Crippen molar-refractivity contribution in [3.8, 4) is 11.1 Å². The number of benzene rings is 2. The smallest absolute Gasteiger partial charge is 0.304 e. The molecular weight excluding hydrogens is 394 g/mol. The number of carboxylic acids is 2. The monoisotopic (exact) mass is 425 g/mol. The molecule has 0 fully saturated rings. The molecule has 0 spiro atoms. The van der Waals surface area contributed by atoms with Gasteiger partial charge in [0, 0.05) is 18.9 Å². The molecule has 2 rings (SSSR count). The van der Waals surface area contributed by atoms with E-state index in [9.17, 15) is 14.7 Å². The quantitative estimate of drug-likeness (QED) is 0.315. The van der Waals surface area contributed by atoms with Crippen molar-refractivity contribution in [3.63, 3.8) is 0 Å². The molecule has 6 heteroatoms. The first-order valence-corrected chi connectivity index (χ1v) is 10.5. The standard InChI is InChI=1S/C25H31NO5/c1-25(2,3)31-24(26-15-7-10-22(27)28)21(17-23(29)30)16-18-11-13-20(14-12-18)19-8-5-4-6-9-19/h4-6,8-9,11-14,21H,7,10,15-17H2,1-3H3,(H,27,28)(H,29,30)/t21-/m1/s1. The van der Waals surface area contributed by atoms with Crippen molar-refractivity contribution in [1.29, 1.82) is 0 Å². The highest BCUT2D eigenvalue weighted by Gasteiger charge is 2.26. The average molecular weight is 426 g/mol. The second kappa shape index (κ2) is 11.3. The first-order chi connectivity index (χ1) is 14.6. The number of ether oxygens (including phenoxy) is 1. The number of carboxylic acid groups (broad SMARTS) is 2. The molecule has 0 aromatic heterocycles. The van der Waals surface area contributed by atoms with E-state index >= 15 is 0 Å². The van der Waals surface area contributed by atoms with Crippen LogP contribution in [0.4, 0.5) is 0 Å². The number of aliphatic imine (C=N–C) groups is 1. The van der Waals surface area contributed by atoms with Crippen molar-refractivity contribution in [3.05, 3.63) is 60.2 Å². The van der Waals surface area contributed by atoms with Crippen molar-refractivity contribution in [2.24, 2.45) is 10.9 Å². The molecule has 1 atom stereocenters. The van der Waals surface area contributed by atoms with Gasteiger partial charge < -0.3 is 14.9 Å². The molecule has 166 valence electrons. The largest absolute Gasteiger partial charge is 0.481 e. The molecule has 0 bridgehead atoms. The third-order valence-electron chi connectivity index (χ3n) is 4.54. The van der Waals surface area contributed by atoms with E-state index in [1.165, 1.54) is 0 Å². The van der Waals surface area contributed by atoms with Crippen LogP contribution in [-0.4, -0.2) is 40.2 Å². The van der Waals surface area contributed by atoms with E-state index in [0.717, 1.165) is 16.7 Å². The summed E-state index contributed by atoms with van der Waals surface area (Å²) in [6.45, 7) is 5.92. The maximum Gasteiger partial charge on any atom is 0.304 e. The van der Waals surface area contributed by atoms with Crippen molar-refractivity contribution < 1.29 is 24.5 Å². The van der Waals surface area contributed by atoms with Gasteiger partial charge in [-0.3, -0.25) is 14.6 Å². The minimum atomic E-state index is -0.929. The molecule has 0 saturated carbocycles. The first kappa shape index (κ1) is 24.1. The topological polar surface area (TPSA) is 96.2 Å². The van der Waals surface area contributed by atoms with E-state index in [0.29, 0.717) is 18.7 Å². The second-order valence-corrected chi connectivity index (χ2v) is 8.49. The zero-order chi connectivity index (χ0) is 22.9. The zero-order valence-corrected chi connectivity index (χ0v) is 18.4. The summed E-state index contributed by atoms with van der Waals surface area (Å²) in [5.41, 5.74) is 2.65. The molecule has 0 radical (unpaired) electrons. The molecule has 0 amide bonds. The molecule has 0 aliphatic carbocycles. The van der Waals surface area contributed by atoms with Gasteiger partial charge in [0.1, 0.15) is 5.60 Å². The fraction of sp³-hybridized carbons (Fsp3) is 0.400. The lowest BCUT2D eigenvalue weighted by molar-refractivity contribution is -0.138. The van der Waals surface area contributed by atoms with Gasteiger partial charge in [-0.1, -0.05) is 54.6 Å². The Balaban J connectivity index is 2.22. The summed E-state index contributed by atoms with van der Waals surface area (Å²) in [7, 11) is 0. The highest BCUT2D eigenvalue weighted by molar-refractivity contribution is 5.84. The number of nitrogens with zero attached hydrogens (tertiary/aromatic N) is 1. The summed E-state index contributed by atoms with van der Waals surface area (Å²) >= 11 is 0. The molecule has 0 unspecified atom stereocenters. The van der Waals surface area contributed by atoms with Gasteiger partial charge >= 0.3 is 11.9 Å². The first-order valence-electron chi connectivity index (χ1n) is 10.5. The van der Waals surface area contributed by atoms with Crippen LogP contribution in [0.2, 0.25) is 0 Å². The maximum atomic E-state index is 11.5. The van der Waals surface area contributed by atoms with Crippen LogP contribution in [0.25, 0.3) is 11.1 Å². The van der Waals surface area contributed by atoms with Crippen molar-refractivity contribution in [2.45, 2.75) is 52.1 Å². The summed E-state index contributed by atoms with van der Waals surface area (Å²) in [6, 6.07) is 18.1. The summed E-state index contributed by atoms with van der Waals surface area (Å²) in [6.07, 6.45) is 0.734. The van der Waals surface area contributed by atoms with Gasteiger partial charge in [0.25, 0.3) is 0 Å². The van der Waals surface area contributed by atoms with Gasteiger partial charge in [0.2, 0.25) is 0 Å². The van der Waals surface area contributed by atoms with E-state index in [4.69, 9.17) is 9.84 Å². The Morgan fingerprint density at radius 1 is 0.935 bits per heavy atom. The molecule has 2 N–H and O–H groups in total. The number of hydrogen-bond acceptors (Lipinski definition) is 4. The predicted octanol–water partition coefficient (Wildman–Crippen LogP) is 5.07. The van der Waals surface area contributed by atoms with Crippen LogP contribution in [0.15, 0.2) is 59.6 Å². The SMILES string of the molecule is CC(C)(C)OC(=NCCCC(=O)O)[C@@H](CC(=O)O)Cc1ccc(-c2ccccc2)cc1. The van der Waals surface area contributed by atoms with Gasteiger partial charge in [0.15, 0.2) is 5.90 Å². The van der Waals surface area contributed by atoms with Crippen LogP contribution in [0.3, 0.4) is 0 Å². The Morgan fingerprint density at radius 2 is 1.55 bits per heavy atom. The highest BCUT2D eigenvalue weighted by Crippen LogP contribution is 2.23. The molecule has 0 aliphatic rings. The van der Waals surface area contributed by atoms with Crippen molar-refractivity contribution >= 4 is 17.8 Å². The van der Waals surface area contributed by atoms with E-state index in [1.807, 2.05) is 75.4 Å². The fourth-order valence-corrected chi connectivity index (χ4v) is 3.18. The van der Waals surface area contributed by atoms with Gasteiger partial charge in [-0.25, -0.2) is 0 Å². The number of aliphatic carboxylic acids is 2. The van der Waals surface area contributed by atoms with E-state index in [2.05, 4.69) is 4.99 Å². The van der Waals surface area contributed by atoms with Crippen LogP contribution in [0.1, 0.15) is 45.6 Å². The number of hydrogen-bond donors (Lipinski definition) is 2. The summed E-state index contributed by atoms with van der Waals surface area (Å²) in [5, 5.41) is 18.3. The predicted molar refractivity (Wildman–Crippen MR) is 121 cm³/mol. The lowest BCUT2D eigenvalue weighted by Crippen LogP contribution is -2.31. The van der Waals surface area contributed by atoms with Crippen molar-refractivity contribution in [1.82, 2.24) is 0 Å². The van der Waals surface area contributed by atoms with Gasteiger partial charge in [-0.05, 0) is 50.3 Å². The molecule has 0 heterocycles. The van der Waals surface area contributed by atoms with Crippen molar-refractivity contribution in [2.75, 3.05) is 6.54 Å². The Labute approximate surface area is 183 Å². The zero-order valence-electron chi connectivity index (χ0n) is 18.4. The van der Waals surface area contributed by atoms with Crippen LogP contribution in [0.5, 0.6) is 0 Å². The number of carbonyl (C=O) groups is 2. The van der Waals surface area contributed by atoms with Crippen LogP contribution in [-0.2, 0) is 20.7 Å². The van der Waals surface area contributed by atoms with Gasteiger partial charge in [-0.2, -0.15) is 0 Å². The lowest BCUT2D eigenvalue weighted by atomic mass is 9.94. The Bertz CT molecular complexity index is 882. The molecular formula is C25H31NO5. The summed E-state index contributed by atoms with van der Waals surface area (Å²) < 4.78 is 6.01. The normalized spacial score (nSPS) is 12.9. The van der Waals surface area contributed by atoms with E-state index in [1.54, 1.807) is 0 Å². The fourth-order valence-electron chi connectivity index (χ4n) is 3.18. The summed E-state index contributed by atoms with van der Waals surface area (Å²) in [4.78, 5) is 26.8. The molecule has 6 nitrogen and oxygen atoms in total. The van der Waals surface area contributed by atoms with Crippen LogP contribution in [0, 0.1) is 5.92 Å². The minimum Gasteiger partial charge on any atom is -0.481 e. The third-order valence-corrected chi connectivity index (χ3v) is 4.54. The lowest BCUT2D eigenvalue weighted by Gasteiger charge is -2.27. The van der Waals surface area contributed by atoms with E-state index in [-0.39, 0.29) is 19.4 Å².